The van der Waals surface area contributed by atoms with E-state index in [9.17, 15) is 0 Å². The van der Waals surface area contributed by atoms with Crippen molar-refractivity contribution in [3.63, 3.8) is 0 Å². The first-order chi connectivity index (χ1) is 4.59. The SMILES string of the molecule is CC1CCN(CN)C1(C)C. The van der Waals surface area contributed by atoms with E-state index in [1.54, 1.807) is 0 Å². The van der Waals surface area contributed by atoms with E-state index in [1.165, 1.54) is 13.0 Å². The standard InChI is InChI=1S/C8H18N2/c1-7-4-5-10(6-9)8(7,2)3/h7H,4-6,9H2,1-3H3. The maximum absolute atomic E-state index is 5.60. The third kappa shape index (κ3) is 1.06. The zero-order valence-electron chi connectivity index (χ0n) is 7.22. The van der Waals surface area contributed by atoms with Crippen LogP contribution < -0.4 is 5.73 Å². The smallest absolute Gasteiger partial charge is 0.0460 e. The quantitative estimate of drug-likeness (QED) is 0.592. The third-order valence-corrected chi connectivity index (χ3v) is 3.07. The Morgan fingerprint density at radius 1 is 1.60 bits per heavy atom. The lowest BCUT2D eigenvalue weighted by Gasteiger charge is -2.33. The van der Waals surface area contributed by atoms with Gasteiger partial charge in [-0.3, -0.25) is 4.90 Å². The van der Waals surface area contributed by atoms with Crippen LogP contribution in [0.2, 0.25) is 0 Å². The van der Waals surface area contributed by atoms with Gasteiger partial charge in [0.05, 0.1) is 0 Å². The third-order valence-electron chi connectivity index (χ3n) is 3.07. The lowest BCUT2D eigenvalue weighted by molar-refractivity contribution is 0.149. The molecule has 1 unspecified atom stereocenters. The summed E-state index contributed by atoms with van der Waals surface area (Å²) >= 11 is 0. The van der Waals surface area contributed by atoms with E-state index in [-0.39, 0.29) is 0 Å². The summed E-state index contributed by atoms with van der Waals surface area (Å²) in [7, 11) is 0. The van der Waals surface area contributed by atoms with E-state index >= 15 is 0 Å². The molecule has 1 atom stereocenters. The molecule has 0 aromatic heterocycles. The molecule has 0 aliphatic carbocycles. The Kier molecular flexibility index (Phi) is 2.02. The summed E-state index contributed by atoms with van der Waals surface area (Å²) in [5, 5.41) is 0. The van der Waals surface area contributed by atoms with Gasteiger partial charge in [-0.05, 0) is 26.2 Å². The van der Waals surface area contributed by atoms with Crippen LogP contribution in [0.4, 0.5) is 0 Å². The van der Waals surface area contributed by atoms with E-state index < -0.39 is 0 Å². The molecule has 0 aromatic carbocycles. The molecule has 2 nitrogen and oxygen atoms in total. The summed E-state index contributed by atoms with van der Waals surface area (Å²) in [6, 6.07) is 0. The number of rotatable bonds is 1. The first-order valence-corrected chi connectivity index (χ1v) is 4.04. The number of nitrogens with zero attached hydrogens (tertiary/aromatic N) is 1. The summed E-state index contributed by atoms with van der Waals surface area (Å²) in [4.78, 5) is 2.34. The predicted molar refractivity (Wildman–Crippen MR) is 43.6 cm³/mol. The van der Waals surface area contributed by atoms with Crippen molar-refractivity contribution in [3.05, 3.63) is 0 Å². The van der Waals surface area contributed by atoms with Gasteiger partial charge < -0.3 is 5.73 Å². The molecule has 1 aliphatic rings. The van der Waals surface area contributed by atoms with Crippen molar-refractivity contribution in [1.29, 1.82) is 0 Å². The molecule has 0 aromatic rings. The van der Waals surface area contributed by atoms with Gasteiger partial charge in [-0.2, -0.15) is 0 Å². The largest absolute Gasteiger partial charge is 0.318 e. The number of hydrogen-bond acceptors (Lipinski definition) is 2. The molecule has 60 valence electrons. The normalized spacial score (nSPS) is 33.0. The van der Waals surface area contributed by atoms with Crippen molar-refractivity contribution >= 4 is 0 Å². The van der Waals surface area contributed by atoms with Crippen LogP contribution >= 0.6 is 0 Å². The minimum Gasteiger partial charge on any atom is -0.318 e. The van der Waals surface area contributed by atoms with Crippen molar-refractivity contribution in [2.45, 2.75) is 32.7 Å². The van der Waals surface area contributed by atoms with E-state index in [2.05, 4.69) is 25.7 Å². The number of nitrogens with two attached hydrogens (primary N) is 1. The first-order valence-electron chi connectivity index (χ1n) is 4.04. The monoisotopic (exact) mass is 142 g/mol. The van der Waals surface area contributed by atoms with Gasteiger partial charge in [0.2, 0.25) is 0 Å². The van der Waals surface area contributed by atoms with Crippen LogP contribution in [-0.2, 0) is 0 Å². The highest BCUT2D eigenvalue weighted by atomic mass is 15.3. The summed E-state index contributed by atoms with van der Waals surface area (Å²) in [5.41, 5.74) is 5.93. The van der Waals surface area contributed by atoms with Crippen LogP contribution in [0.15, 0.2) is 0 Å². The zero-order valence-corrected chi connectivity index (χ0v) is 7.22. The van der Waals surface area contributed by atoms with Gasteiger partial charge in [0, 0.05) is 18.8 Å². The highest BCUT2D eigenvalue weighted by Crippen LogP contribution is 2.32. The van der Waals surface area contributed by atoms with Crippen LogP contribution in [0.3, 0.4) is 0 Å². The maximum atomic E-state index is 5.60. The first kappa shape index (κ1) is 8.02. The molecule has 2 heteroatoms. The molecule has 0 radical (unpaired) electrons. The fourth-order valence-electron chi connectivity index (χ4n) is 1.63. The lowest BCUT2D eigenvalue weighted by Crippen LogP contribution is -2.44. The van der Waals surface area contributed by atoms with Crippen LogP contribution in [-0.4, -0.2) is 23.7 Å². The second-order valence-electron chi connectivity index (χ2n) is 3.79. The minimum absolute atomic E-state index is 0.328. The average Bonchev–Trinajstić information content (AvgIpc) is 2.10. The van der Waals surface area contributed by atoms with E-state index in [0.717, 1.165) is 5.92 Å². The Morgan fingerprint density at radius 2 is 2.20 bits per heavy atom. The van der Waals surface area contributed by atoms with E-state index in [4.69, 9.17) is 5.73 Å². The number of hydrogen-bond donors (Lipinski definition) is 1. The van der Waals surface area contributed by atoms with Crippen LogP contribution in [0, 0.1) is 5.92 Å². The van der Waals surface area contributed by atoms with Crippen LogP contribution in [0.25, 0.3) is 0 Å². The molecule has 1 saturated heterocycles. The van der Waals surface area contributed by atoms with Gasteiger partial charge in [0.25, 0.3) is 0 Å². The summed E-state index contributed by atoms with van der Waals surface area (Å²) in [5.74, 6) is 0.788. The molecule has 0 saturated carbocycles. The average molecular weight is 142 g/mol. The Balaban J connectivity index is 2.64. The van der Waals surface area contributed by atoms with Gasteiger partial charge in [-0.15, -0.1) is 0 Å². The predicted octanol–water partition coefficient (Wildman–Crippen LogP) is 1.02. The number of likely N-dealkylation sites (tertiary alicyclic amines) is 1. The van der Waals surface area contributed by atoms with Crippen molar-refractivity contribution in [2.75, 3.05) is 13.2 Å². The molecular formula is C8H18N2. The Hall–Kier alpha value is -0.0800. The van der Waals surface area contributed by atoms with Crippen molar-refractivity contribution in [1.82, 2.24) is 4.90 Å². The molecule has 0 spiro atoms. The van der Waals surface area contributed by atoms with Crippen molar-refractivity contribution in [2.24, 2.45) is 11.7 Å². The van der Waals surface area contributed by atoms with Crippen LogP contribution in [0.1, 0.15) is 27.2 Å². The minimum atomic E-state index is 0.328. The topological polar surface area (TPSA) is 29.3 Å². The molecule has 10 heavy (non-hydrogen) atoms. The van der Waals surface area contributed by atoms with Crippen LogP contribution in [0.5, 0.6) is 0 Å². The van der Waals surface area contributed by atoms with Crippen molar-refractivity contribution in [3.8, 4) is 0 Å². The summed E-state index contributed by atoms with van der Waals surface area (Å²) in [6.07, 6.45) is 1.30. The molecule has 1 heterocycles. The lowest BCUT2D eigenvalue weighted by atomic mass is 9.90. The highest BCUT2D eigenvalue weighted by molar-refractivity contribution is 4.91. The van der Waals surface area contributed by atoms with E-state index in [0.29, 0.717) is 12.2 Å². The maximum Gasteiger partial charge on any atom is 0.0460 e. The van der Waals surface area contributed by atoms with Gasteiger partial charge in [-0.25, -0.2) is 0 Å². The Labute approximate surface area is 63.4 Å². The molecule has 0 bridgehead atoms. The zero-order chi connectivity index (χ0) is 7.78. The highest BCUT2D eigenvalue weighted by Gasteiger charge is 2.37. The molecule has 1 fully saturated rings. The second kappa shape index (κ2) is 2.51. The Bertz CT molecular complexity index is 120. The summed E-state index contributed by atoms with van der Waals surface area (Å²) < 4.78 is 0. The molecule has 1 rings (SSSR count). The molecule has 0 amide bonds. The van der Waals surface area contributed by atoms with Gasteiger partial charge in [-0.1, -0.05) is 6.92 Å². The second-order valence-corrected chi connectivity index (χ2v) is 3.79. The fraction of sp³-hybridized carbons (Fsp3) is 1.00. The molecular weight excluding hydrogens is 124 g/mol. The molecule has 2 N–H and O–H groups in total. The molecule has 1 aliphatic heterocycles. The fourth-order valence-corrected chi connectivity index (χ4v) is 1.63. The van der Waals surface area contributed by atoms with Crippen molar-refractivity contribution < 1.29 is 0 Å². The van der Waals surface area contributed by atoms with E-state index in [1.807, 2.05) is 0 Å². The van der Waals surface area contributed by atoms with Gasteiger partial charge >= 0.3 is 0 Å². The van der Waals surface area contributed by atoms with Gasteiger partial charge in [0.15, 0.2) is 0 Å². The van der Waals surface area contributed by atoms with Gasteiger partial charge in [0.1, 0.15) is 0 Å². The summed E-state index contributed by atoms with van der Waals surface area (Å²) in [6.45, 7) is 8.73. The Morgan fingerprint density at radius 3 is 2.40 bits per heavy atom.